The van der Waals surface area contributed by atoms with Crippen LogP contribution in [-0.4, -0.2) is 13.4 Å². The van der Waals surface area contributed by atoms with E-state index >= 15 is 0 Å². The van der Waals surface area contributed by atoms with E-state index in [-0.39, 0.29) is 27.7 Å². The number of oxazole rings is 1. The first-order valence-corrected chi connectivity index (χ1v) is 10.7. The number of hydrogen-bond acceptors (Lipinski definition) is 5. The van der Waals surface area contributed by atoms with Crippen LogP contribution in [0.2, 0.25) is 0 Å². The van der Waals surface area contributed by atoms with Crippen molar-refractivity contribution in [2.75, 3.05) is 5.32 Å². The normalized spacial score (nSPS) is 12.4. The highest BCUT2D eigenvalue weighted by atomic mass is 32.2. The summed E-state index contributed by atoms with van der Waals surface area (Å²) in [6, 6.07) is 27.1. The number of sulfone groups is 1. The molecule has 1 aromatic heterocycles. The summed E-state index contributed by atoms with van der Waals surface area (Å²) < 4.78 is 32.4. The van der Waals surface area contributed by atoms with Gasteiger partial charge in [-0.2, -0.15) is 4.98 Å². The molecule has 0 radical (unpaired) electrons. The van der Waals surface area contributed by atoms with Gasteiger partial charge in [-0.05, 0) is 36.8 Å². The van der Waals surface area contributed by atoms with Gasteiger partial charge in [0.2, 0.25) is 26.6 Å². The number of anilines is 1. The largest absolute Gasteiger partial charge is 0.419 e. The fourth-order valence-corrected chi connectivity index (χ4v) is 4.30. The summed E-state index contributed by atoms with van der Waals surface area (Å²) in [5, 5.41) is 3.06. The summed E-state index contributed by atoms with van der Waals surface area (Å²) in [6.07, 6.45) is 0. The van der Waals surface area contributed by atoms with Gasteiger partial charge in [0.25, 0.3) is 0 Å². The molecule has 0 saturated carbocycles. The molecule has 0 unspecified atom stereocenters. The second-order valence-corrected chi connectivity index (χ2v) is 8.48. The van der Waals surface area contributed by atoms with E-state index in [9.17, 15) is 8.42 Å². The highest BCUT2D eigenvalue weighted by Crippen LogP contribution is 2.34. The van der Waals surface area contributed by atoms with Gasteiger partial charge in [-0.15, -0.1) is 0 Å². The molecule has 0 fully saturated rings. The maximum absolute atomic E-state index is 13.3. The molecule has 0 aliphatic heterocycles. The van der Waals surface area contributed by atoms with Crippen LogP contribution in [0.3, 0.4) is 0 Å². The number of benzene rings is 3. The maximum Gasteiger partial charge on any atom is 0.234 e. The molecule has 1 atom stereocenters. The minimum absolute atomic E-state index is 0.120. The minimum Gasteiger partial charge on any atom is -0.419 e. The number of rotatable bonds is 6. The molecular formula is C23H20N2O3S. The average molecular weight is 404 g/mol. The van der Waals surface area contributed by atoms with Gasteiger partial charge in [0.15, 0.2) is 0 Å². The molecule has 0 aliphatic rings. The molecule has 1 heterocycles. The lowest BCUT2D eigenvalue weighted by molar-refractivity contribution is 0.570. The second kappa shape index (κ2) is 7.93. The first-order chi connectivity index (χ1) is 14.1. The highest BCUT2D eigenvalue weighted by Gasteiger charge is 2.29. The van der Waals surface area contributed by atoms with Gasteiger partial charge >= 0.3 is 0 Å². The summed E-state index contributed by atoms with van der Waals surface area (Å²) >= 11 is 0. The third-order valence-corrected chi connectivity index (χ3v) is 6.25. The van der Waals surface area contributed by atoms with Gasteiger partial charge < -0.3 is 9.73 Å². The molecule has 146 valence electrons. The lowest BCUT2D eigenvalue weighted by atomic mass is 10.1. The van der Waals surface area contributed by atoms with E-state index in [0.717, 1.165) is 5.56 Å². The predicted octanol–water partition coefficient (Wildman–Crippen LogP) is 5.35. The van der Waals surface area contributed by atoms with Crippen LogP contribution in [0.1, 0.15) is 18.5 Å². The topological polar surface area (TPSA) is 72.2 Å². The van der Waals surface area contributed by atoms with Crippen LogP contribution in [-0.2, 0) is 9.84 Å². The summed E-state index contributed by atoms with van der Waals surface area (Å²) in [5.74, 6) is 0.381. The van der Waals surface area contributed by atoms with Gasteiger partial charge in [0.05, 0.1) is 10.9 Å². The molecule has 29 heavy (non-hydrogen) atoms. The van der Waals surface area contributed by atoms with E-state index in [4.69, 9.17) is 4.42 Å². The lowest BCUT2D eigenvalue weighted by Gasteiger charge is -2.14. The van der Waals surface area contributed by atoms with E-state index in [1.54, 1.807) is 30.3 Å². The Balaban J connectivity index is 1.80. The van der Waals surface area contributed by atoms with E-state index in [1.165, 1.54) is 0 Å². The quantitative estimate of drug-likeness (QED) is 0.469. The Labute approximate surface area is 170 Å². The van der Waals surface area contributed by atoms with Gasteiger partial charge in [-0.3, -0.25) is 0 Å². The Hall–Kier alpha value is -3.38. The van der Waals surface area contributed by atoms with Gasteiger partial charge in [0.1, 0.15) is 0 Å². The standard InChI is InChI=1S/C23H20N2O3S/c1-17(18-11-5-2-6-12-18)24-22-23(29(26,27)20-15-9-4-10-16-20)25-21(28-22)19-13-7-3-8-14-19/h2-17,24H,1H3/t17-/m0/s1. The van der Waals surface area contributed by atoms with E-state index in [2.05, 4.69) is 10.3 Å². The third-order valence-electron chi connectivity index (χ3n) is 4.57. The number of hydrogen-bond donors (Lipinski definition) is 1. The van der Waals surface area contributed by atoms with Crippen molar-refractivity contribution in [3.05, 3.63) is 96.6 Å². The smallest absolute Gasteiger partial charge is 0.234 e. The Morgan fingerprint density at radius 1 is 0.828 bits per heavy atom. The predicted molar refractivity (Wildman–Crippen MR) is 112 cm³/mol. The van der Waals surface area contributed by atoms with Crippen LogP contribution in [0.15, 0.2) is 105 Å². The first kappa shape index (κ1) is 19.0. The number of nitrogens with one attached hydrogen (secondary N) is 1. The summed E-state index contributed by atoms with van der Waals surface area (Å²) in [4.78, 5) is 4.53. The van der Waals surface area contributed by atoms with Gasteiger partial charge in [0, 0.05) is 5.56 Å². The Bertz CT molecular complexity index is 1190. The molecule has 1 N–H and O–H groups in total. The molecule has 3 aromatic carbocycles. The summed E-state index contributed by atoms with van der Waals surface area (Å²) in [5.41, 5.74) is 1.71. The zero-order valence-electron chi connectivity index (χ0n) is 15.8. The maximum atomic E-state index is 13.3. The van der Waals surface area contributed by atoms with Gasteiger partial charge in [-0.25, -0.2) is 8.42 Å². The van der Waals surface area contributed by atoms with Crippen molar-refractivity contribution in [2.24, 2.45) is 0 Å². The monoisotopic (exact) mass is 404 g/mol. The minimum atomic E-state index is -3.85. The Morgan fingerprint density at radius 3 is 2.00 bits per heavy atom. The van der Waals surface area contributed by atoms with Gasteiger partial charge in [-0.1, -0.05) is 66.7 Å². The number of aromatic nitrogens is 1. The van der Waals surface area contributed by atoms with E-state index in [0.29, 0.717) is 5.56 Å². The zero-order valence-corrected chi connectivity index (χ0v) is 16.6. The first-order valence-electron chi connectivity index (χ1n) is 9.23. The lowest BCUT2D eigenvalue weighted by Crippen LogP contribution is -2.10. The average Bonchev–Trinajstić information content (AvgIpc) is 3.20. The van der Waals surface area contributed by atoms with Crippen molar-refractivity contribution in [1.29, 1.82) is 0 Å². The van der Waals surface area contributed by atoms with Crippen molar-refractivity contribution in [3.63, 3.8) is 0 Å². The zero-order chi connectivity index (χ0) is 20.3. The fraction of sp³-hybridized carbons (Fsp3) is 0.0870. The van der Waals surface area contributed by atoms with Crippen molar-refractivity contribution in [1.82, 2.24) is 4.98 Å². The van der Waals surface area contributed by atoms with Crippen molar-refractivity contribution in [3.8, 4) is 11.5 Å². The van der Waals surface area contributed by atoms with Crippen LogP contribution in [0.25, 0.3) is 11.5 Å². The van der Waals surface area contributed by atoms with Crippen LogP contribution < -0.4 is 5.32 Å². The molecule has 0 saturated heterocycles. The molecule has 0 spiro atoms. The highest BCUT2D eigenvalue weighted by molar-refractivity contribution is 7.91. The Morgan fingerprint density at radius 2 is 1.38 bits per heavy atom. The molecule has 0 bridgehead atoms. The van der Waals surface area contributed by atoms with Crippen molar-refractivity contribution in [2.45, 2.75) is 22.9 Å². The molecule has 4 aromatic rings. The van der Waals surface area contributed by atoms with Crippen LogP contribution in [0, 0.1) is 0 Å². The number of nitrogens with zero attached hydrogens (tertiary/aromatic N) is 1. The molecule has 5 nitrogen and oxygen atoms in total. The molecular weight excluding hydrogens is 384 g/mol. The Kier molecular flexibility index (Phi) is 5.18. The third kappa shape index (κ3) is 3.93. The van der Waals surface area contributed by atoms with Crippen molar-refractivity contribution >= 4 is 15.7 Å². The van der Waals surface area contributed by atoms with E-state index < -0.39 is 9.84 Å². The van der Waals surface area contributed by atoms with E-state index in [1.807, 2.05) is 67.6 Å². The summed E-state index contributed by atoms with van der Waals surface area (Å²) in [6.45, 7) is 1.94. The molecule has 0 amide bonds. The molecule has 6 heteroatoms. The second-order valence-electron chi connectivity index (χ2n) is 6.61. The molecule has 4 rings (SSSR count). The van der Waals surface area contributed by atoms with Crippen LogP contribution in [0.4, 0.5) is 5.88 Å². The summed E-state index contributed by atoms with van der Waals surface area (Å²) in [7, 11) is -3.85. The van der Waals surface area contributed by atoms with Crippen LogP contribution >= 0.6 is 0 Å². The fourth-order valence-electron chi connectivity index (χ4n) is 3.02. The molecule has 0 aliphatic carbocycles. The SMILES string of the molecule is C[C@H](Nc1oc(-c2ccccc2)nc1S(=O)(=O)c1ccccc1)c1ccccc1. The van der Waals surface area contributed by atoms with Crippen LogP contribution in [0.5, 0.6) is 0 Å². The van der Waals surface area contributed by atoms with Crippen molar-refractivity contribution < 1.29 is 12.8 Å².